The van der Waals surface area contributed by atoms with Crippen molar-refractivity contribution in [2.24, 2.45) is 0 Å². The van der Waals surface area contributed by atoms with Gasteiger partial charge in [-0.2, -0.15) is 0 Å². The highest BCUT2D eigenvalue weighted by Gasteiger charge is 2.31. The van der Waals surface area contributed by atoms with Gasteiger partial charge in [0.1, 0.15) is 0 Å². The number of hydrogen-bond donors (Lipinski definition) is 3. The smallest absolute Gasteiger partial charge is 0.314 e. The quantitative estimate of drug-likeness (QED) is 0.716. The molecule has 0 spiro atoms. The second-order valence-corrected chi connectivity index (χ2v) is 6.27. The minimum Gasteiger partial charge on any atom is -0.392 e. The maximum atomic E-state index is 11.6. The third-order valence-corrected chi connectivity index (χ3v) is 4.52. The number of aliphatic hydroxyl groups excluding tert-OH is 1. The molecule has 1 saturated carbocycles. The lowest BCUT2D eigenvalue weighted by Crippen LogP contribution is -2.48. The number of nitrogens with one attached hydrogen (secondary N) is 2. The molecule has 0 bridgehead atoms. The van der Waals surface area contributed by atoms with E-state index in [-0.39, 0.29) is 6.03 Å². The average molecular weight is 283 g/mol. The van der Waals surface area contributed by atoms with Crippen LogP contribution in [-0.4, -0.2) is 53.9 Å². The molecule has 0 aromatic rings. The van der Waals surface area contributed by atoms with E-state index in [1.54, 1.807) is 6.92 Å². The van der Waals surface area contributed by atoms with Crippen LogP contribution >= 0.6 is 0 Å². The molecule has 0 unspecified atom stereocenters. The second kappa shape index (κ2) is 7.84. The summed E-state index contributed by atoms with van der Waals surface area (Å²) < 4.78 is 0. The molecule has 2 amide bonds. The number of amides is 2. The topological polar surface area (TPSA) is 64.6 Å². The zero-order valence-electron chi connectivity index (χ0n) is 12.6. The van der Waals surface area contributed by atoms with Crippen LogP contribution in [-0.2, 0) is 0 Å². The van der Waals surface area contributed by atoms with Gasteiger partial charge in [-0.05, 0) is 39.2 Å². The molecular weight excluding hydrogens is 254 g/mol. The fraction of sp³-hybridized carbons (Fsp3) is 0.933. The van der Waals surface area contributed by atoms with E-state index in [1.165, 1.54) is 51.5 Å². The third-order valence-electron chi connectivity index (χ3n) is 4.52. The lowest BCUT2D eigenvalue weighted by molar-refractivity contribution is 0.140. The molecule has 5 heteroatoms. The largest absolute Gasteiger partial charge is 0.392 e. The number of hydrogen-bond acceptors (Lipinski definition) is 3. The van der Waals surface area contributed by atoms with Crippen molar-refractivity contribution in [1.29, 1.82) is 0 Å². The molecule has 1 heterocycles. The maximum Gasteiger partial charge on any atom is 0.314 e. The zero-order valence-corrected chi connectivity index (χ0v) is 12.6. The predicted molar refractivity (Wildman–Crippen MR) is 79.7 cm³/mol. The van der Waals surface area contributed by atoms with E-state index < -0.39 is 6.10 Å². The van der Waals surface area contributed by atoms with E-state index in [0.29, 0.717) is 12.6 Å². The van der Waals surface area contributed by atoms with Crippen LogP contribution in [0.1, 0.15) is 51.9 Å². The summed E-state index contributed by atoms with van der Waals surface area (Å²) in [5.74, 6) is 0. The first-order chi connectivity index (χ1) is 9.66. The maximum absolute atomic E-state index is 11.6. The Morgan fingerprint density at radius 1 is 1.20 bits per heavy atom. The number of carbonyl (C=O) groups is 1. The summed E-state index contributed by atoms with van der Waals surface area (Å²) in [6, 6.07) is 1.07. The third kappa shape index (κ3) is 4.63. The summed E-state index contributed by atoms with van der Waals surface area (Å²) in [6.45, 7) is 3.89. The van der Waals surface area contributed by atoms with Gasteiger partial charge in [0.05, 0.1) is 6.10 Å². The van der Waals surface area contributed by atoms with Crippen molar-refractivity contribution in [3.63, 3.8) is 0 Å². The van der Waals surface area contributed by atoms with Crippen molar-refractivity contribution >= 4 is 6.03 Å². The van der Waals surface area contributed by atoms with Crippen LogP contribution in [0, 0.1) is 0 Å². The Morgan fingerprint density at radius 2 is 1.95 bits per heavy atom. The molecule has 20 heavy (non-hydrogen) atoms. The number of rotatable bonds is 5. The molecule has 116 valence electrons. The van der Waals surface area contributed by atoms with Crippen LogP contribution < -0.4 is 10.6 Å². The summed E-state index contributed by atoms with van der Waals surface area (Å²) in [6.07, 6.45) is 8.69. The Kier molecular flexibility index (Phi) is 6.10. The van der Waals surface area contributed by atoms with Crippen LogP contribution in [0.2, 0.25) is 0 Å². The van der Waals surface area contributed by atoms with Gasteiger partial charge in [0.25, 0.3) is 0 Å². The first-order valence-electron chi connectivity index (χ1n) is 8.12. The van der Waals surface area contributed by atoms with Crippen molar-refractivity contribution in [3.05, 3.63) is 0 Å². The van der Waals surface area contributed by atoms with Crippen LogP contribution in [0.15, 0.2) is 0 Å². The van der Waals surface area contributed by atoms with Gasteiger partial charge in [-0.1, -0.05) is 19.3 Å². The second-order valence-electron chi connectivity index (χ2n) is 6.27. The van der Waals surface area contributed by atoms with Gasteiger partial charge < -0.3 is 15.7 Å². The van der Waals surface area contributed by atoms with Gasteiger partial charge in [0, 0.05) is 25.2 Å². The number of likely N-dealkylation sites (tertiary alicyclic amines) is 1. The van der Waals surface area contributed by atoms with Gasteiger partial charge in [-0.3, -0.25) is 4.90 Å². The van der Waals surface area contributed by atoms with Crippen molar-refractivity contribution < 1.29 is 9.90 Å². The minimum atomic E-state index is -0.494. The Balaban J connectivity index is 1.72. The van der Waals surface area contributed by atoms with Crippen molar-refractivity contribution in [1.82, 2.24) is 15.5 Å². The van der Waals surface area contributed by atoms with Crippen LogP contribution in [0.5, 0.6) is 0 Å². The molecular formula is C15H29N3O2. The molecule has 2 rings (SSSR count). The molecule has 0 aromatic heterocycles. The molecule has 3 N–H and O–H groups in total. The van der Waals surface area contributed by atoms with Gasteiger partial charge in [-0.15, -0.1) is 0 Å². The molecule has 2 fully saturated rings. The Bertz CT molecular complexity index is 303. The SMILES string of the molecule is C[C@H](O)CNC(=O)NC[C@H]1CCCN1C1CCCCC1. The number of urea groups is 1. The molecule has 1 aliphatic carbocycles. The normalized spacial score (nSPS) is 26.4. The highest BCUT2D eigenvalue weighted by molar-refractivity contribution is 5.73. The van der Waals surface area contributed by atoms with Crippen molar-refractivity contribution in [3.8, 4) is 0 Å². The van der Waals surface area contributed by atoms with E-state index >= 15 is 0 Å². The highest BCUT2D eigenvalue weighted by atomic mass is 16.3. The molecule has 5 nitrogen and oxygen atoms in total. The summed E-state index contributed by atoms with van der Waals surface area (Å²) in [5.41, 5.74) is 0. The molecule has 2 aliphatic rings. The van der Waals surface area contributed by atoms with Gasteiger partial charge in [-0.25, -0.2) is 4.79 Å². The highest BCUT2D eigenvalue weighted by Crippen LogP contribution is 2.28. The lowest BCUT2D eigenvalue weighted by atomic mass is 9.94. The monoisotopic (exact) mass is 283 g/mol. The average Bonchev–Trinajstić information content (AvgIpc) is 2.92. The van der Waals surface area contributed by atoms with Gasteiger partial charge in [0.2, 0.25) is 0 Å². The summed E-state index contributed by atoms with van der Waals surface area (Å²) >= 11 is 0. The number of carbonyl (C=O) groups excluding carboxylic acids is 1. The van der Waals surface area contributed by atoms with E-state index in [0.717, 1.165) is 12.6 Å². The van der Waals surface area contributed by atoms with E-state index in [4.69, 9.17) is 5.11 Å². The molecule has 1 aliphatic heterocycles. The first kappa shape index (κ1) is 15.6. The molecule has 0 aromatic carbocycles. The fourth-order valence-electron chi connectivity index (χ4n) is 3.48. The summed E-state index contributed by atoms with van der Waals surface area (Å²) in [7, 11) is 0. The predicted octanol–water partition coefficient (Wildman–Crippen LogP) is 1.46. The Morgan fingerprint density at radius 3 is 2.65 bits per heavy atom. The minimum absolute atomic E-state index is 0.165. The lowest BCUT2D eigenvalue weighted by Gasteiger charge is -2.35. The molecule has 2 atom stereocenters. The summed E-state index contributed by atoms with van der Waals surface area (Å²) in [5, 5.41) is 14.8. The summed E-state index contributed by atoms with van der Waals surface area (Å²) in [4.78, 5) is 14.3. The Labute approximate surface area is 122 Å². The standard InChI is InChI=1S/C15H29N3O2/c1-12(19)10-16-15(20)17-11-14-8-5-9-18(14)13-6-3-2-4-7-13/h12-14,19H,2-11H2,1H3,(H2,16,17,20)/t12-,14+/m0/s1. The van der Waals surface area contributed by atoms with E-state index in [1.807, 2.05) is 0 Å². The van der Waals surface area contributed by atoms with Crippen molar-refractivity contribution in [2.75, 3.05) is 19.6 Å². The van der Waals surface area contributed by atoms with Gasteiger partial charge in [0.15, 0.2) is 0 Å². The first-order valence-corrected chi connectivity index (χ1v) is 8.12. The number of aliphatic hydroxyl groups is 1. The van der Waals surface area contributed by atoms with E-state index in [9.17, 15) is 4.79 Å². The molecule has 1 saturated heterocycles. The molecule has 0 radical (unpaired) electrons. The van der Waals surface area contributed by atoms with Crippen LogP contribution in [0.3, 0.4) is 0 Å². The zero-order chi connectivity index (χ0) is 14.4. The number of nitrogens with zero attached hydrogens (tertiary/aromatic N) is 1. The Hall–Kier alpha value is -0.810. The van der Waals surface area contributed by atoms with Crippen molar-refractivity contribution in [2.45, 2.75) is 70.1 Å². The van der Waals surface area contributed by atoms with Gasteiger partial charge >= 0.3 is 6.03 Å². The fourth-order valence-corrected chi connectivity index (χ4v) is 3.48. The van der Waals surface area contributed by atoms with Crippen LogP contribution in [0.25, 0.3) is 0 Å². The van der Waals surface area contributed by atoms with E-state index in [2.05, 4.69) is 15.5 Å². The van der Waals surface area contributed by atoms with Crippen LogP contribution in [0.4, 0.5) is 4.79 Å².